The van der Waals surface area contributed by atoms with Crippen LogP contribution in [0, 0.1) is 0 Å². The summed E-state index contributed by atoms with van der Waals surface area (Å²) in [6, 6.07) is 3.84. The third-order valence-electron chi connectivity index (χ3n) is 3.35. The predicted molar refractivity (Wildman–Crippen MR) is 66.9 cm³/mol. The zero-order valence-electron chi connectivity index (χ0n) is 10.5. The first-order valence-electron chi connectivity index (χ1n) is 5.97. The fourth-order valence-corrected chi connectivity index (χ4v) is 2.18. The third kappa shape index (κ3) is 3.11. The molecule has 0 N–H and O–H groups in total. The summed E-state index contributed by atoms with van der Waals surface area (Å²) in [5.41, 5.74) is 1.05. The average molecular weight is 233 g/mol. The average Bonchev–Trinajstić information content (AvgIpc) is 2.33. The Balaban J connectivity index is 1.99. The highest BCUT2D eigenvalue weighted by atomic mass is 16.1. The van der Waals surface area contributed by atoms with Crippen molar-refractivity contribution in [2.75, 3.05) is 33.7 Å². The number of Topliss-reactive ketones (excluding diaryl/α,β-unsaturated/α-hetero) is 1. The Kier molecular flexibility index (Phi) is 3.86. The van der Waals surface area contributed by atoms with E-state index in [9.17, 15) is 4.79 Å². The standard InChI is InChI=1S/C13H19N3O/c1-15-7-8-16(2)12(10-15)13(17)9-11-3-5-14-6-4-11/h3-6,12H,7-10H2,1-2H3. The van der Waals surface area contributed by atoms with Gasteiger partial charge in [-0.05, 0) is 31.8 Å². The molecule has 0 saturated carbocycles. The second-order valence-corrected chi connectivity index (χ2v) is 4.76. The zero-order valence-corrected chi connectivity index (χ0v) is 10.5. The Morgan fingerprint density at radius 2 is 2.06 bits per heavy atom. The van der Waals surface area contributed by atoms with Crippen molar-refractivity contribution >= 4 is 5.78 Å². The van der Waals surface area contributed by atoms with E-state index in [1.807, 2.05) is 19.2 Å². The van der Waals surface area contributed by atoms with Gasteiger partial charge in [0.15, 0.2) is 5.78 Å². The molecule has 1 saturated heterocycles. The van der Waals surface area contributed by atoms with Crippen LogP contribution in [-0.2, 0) is 11.2 Å². The summed E-state index contributed by atoms with van der Waals surface area (Å²) in [5.74, 6) is 0.297. The van der Waals surface area contributed by atoms with Crippen LogP contribution in [0.2, 0.25) is 0 Å². The minimum absolute atomic E-state index is 0.0296. The van der Waals surface area contributed by atoms with Gasteiger partial charge < -0.3 is 4.90 Å². The van der Waals surface area contributed by atoms with Gasteiger partial charge >= 0.3 is 0 Å². The molecule has 1 aromatic heterocycles. The number of ketones is 1. The number of carbonyl (C=O) groups excluding carboxylic acids is 1. The van der Waals surface area contributed by atoms with Crippen molar-refractivity contribution in [2.45, 2.75) is 12.5 Å². The van der Waals surface area contributed by atoms with E-state index in [1.54, 1.807) is 12.4 Å². The number of rotatable bonds is 3. The van der Waals surface area contributed by atoms with Crippen molar-refractivity contribution in [1.29, 1.82) is 0 Å². The minimum Gasteiger partial charge on any atom is -0.303 e. The van der Waals surface area contributed by atoms with Gasteiger partial charge in [0.1, 0.15) is 0 Å². The van der Waals surface area contributed by atoms with E-state index in [0.29, 0.717) is 12.2 Å². The number of hydrogen-bond donors (Lipinski definition) is 0. The topological polar surface area (TPSA) is 36.4 Å². The van der Waals surface area contributed by atoms with Crippen LogP contribution in [0.15, 0.2) is 24.5 Å². The van der Waals surface area contributed by atoms with Crippen molar-refractivity contribution in [3.63, 3.8) is 0 Å². The van der Waals surface area contributed by atoms with E-state index in [-0.39, 0.29) is 6.04 Å². The van der Waals surface area contributed by atoms with Gasteiger partial charge in [0.05, 0.1) is 6.04 Å². The maximum Gasteiger partial charge on any atom is 0.155 e. The summed E-state index contributed by atoms with van der Waals surface area (Å²) in [5, 5.41) is 0. The van der Waals surface area contributed by atoms with Crippen molar-refractivity contribution in [3.8, 4) is 0 Å². The van der Waals surface area contributed by atoms with Crippen LogP contribution < -0.4 is 0 Å². The molecule has 0 spiro atoms. The van der Waals surface area contributed by atoms with Crippen LogP contribution >= 0.6 is 0 Å². The Hall–Kier alpha value is -1.26. The summed E-state index contributed by atoms with van der Waals surface area (Å²) < 4.78 is 0. The normalized spacial score (nSPS) is 22.6. The van der Waals surface area contributed by atoms with E-state index < -0.39 is 0 Å². The smallest absolute Gasteiger partial charge is 0.155 e. The van der Waals surface area contributed by atoms with E-state index in [2.05, 4.69) is 21.8 Å². The summed E-state index contributed by atoms with van der Waals surface area (Å²) in [7, 11) is 4.10. The number of likely N-dealkylation sites (N-methyl/N-ethyl adjacent to an activating group) is 2. The van der Waals surface area contributed by atoms with Crippen LogP contribution in [0.5, 0.6) is 0 Å². The molecule has 17 heavy (non-hydrogen) atoms. The maximum atomic E-state index is 12.2. The first-order chi connectivity index (χ1) is 8.16. The van der Waals surface area contributed by atoms with Gasteiger partial charge in [0.25, 0.3) is 0 Å². The Bertz CT molecular complexity index is 380. The summed E-state index contributed by atoms with van der Waals surface area (Å²) in [6.07, 6.45) is 3.98. The van der Waals surface area contributed by atoms with Crippen LogP contribution in [0.3, 0.4) is 0 Å². The molecule has 1 aliphatic rings. The van der Waals surface area contributed by atoms with E-state index in [1.165, 1.54) is 0 Å². The molecular weight excluding hydrogens is 214 g/mol. The lowest BCUT2D eigenvalue weighted by Gasteiger charge is -2.36. The molecule has 2 rings (SSSR count). The molecule has 92 valence electrons. The largest absolute Gasteiger partial charge is 0.303 e. The zero-order chi connectivity index (χ0) is 12.3. The first-order valence-corrected chi connectivity index (χ1v) is 5.97. The van der Waals surface area contributed by atoms with Gasteiger partial charge in [0.2, 0.25) is 0 Å². The predicted octanol–water partition coefficient (Wildman–Crippen LogP) is 0.439. The molecule has 1 aromatic rings. The third-order valence-corrected chi connectivity index (χ3v) is 3.35. The highest BCUT2D eigenvalue weighted by Crippen LogP contribution is 2.10. The van der Waals surface area contributed by atoms with E-state index in [4.69, 9.17) is 0 Å². The minimum atomic E-state index is 0.0296. The van der Waals surface area contributed by atoms with Crippen LogP contribution in [-0.4, -0.2) is 60.3 Å². The van der Waals surface area contributed by atoms with Crippen molar-refractivity contribution in [2.24, 2.45) is 0 Å². The number of nitrogens with zero attached hydrogens (tertiary/aromatic N) is 3. The number of pyridine rings is 1. The fraction of sp³-hybridized carbons (Fsp3) is 0.538. The SMILES string of the molecule is CN1CCN(C)C(C(=O)Cc2ccncc2)C1. The van der Waals surface area contributed by atoms with Gasteiger partial charge in [0, 0.05) is 38.4 Å². The molecule has 1 fully saturated rings. The lowest BCUT2D eigenvalue weighted by molar-refractivity contribution is -0.125. The fourth-order valence-electron chi connectivity index (χ4n) is 2.18. The van der Waals surface area contributed by atoms with Crippen LogP contribution in [0.4, 0.5) is 0 Å². The molecule has 0 amide bonds. The molecule has 1 aliphatic heterocycles. The van der Waals surface area contributed by atoms with Gasteiger partial charge in [-0.1, -0.05) is 0 Å². The Labute approximate surface area is 102 Å². The summed E-state index contributed by atoms with van der Waals surface area (Å²) >= 11 is 0. The van der Waals surface area contributed by atoms with Gasteiger partial charge in [-0.3, -0.25) is 14.7 Å². The second-order valence-electron chi connectivity index (χ2n) is 4.76. The summed E-state index contributed by atoms with van der Waals surface area (Å²) in [4.78, 5) is 20.6. The van der Waals surface area contributed by atoms with Crippen LogP contribution in [0.1, 0.15) is 5.56 Å². The summed E-state index contributed by atoms with van der Waals surface area (Å²) in [6.45, 7) is 2.83. The molecular formula is C13H19N3O. The lowest BCUT2D eigenvalue weighted by Crippen LogP contribution is -2.53. The van der Waals surface area contributed by atoms with Crippen LogP contribution in [0.25, 0.3) is 0 Å². The number of hydrogen-bond acceptors (Lipinski definition) is 4. The number of aromatic nitrogens is 1. The van der Waals surface area contributed by atoms with E-state index >= 15 is 0 Å². The highest BCUT2D eigenvalue weighted by molar-refractivity contribution is 5.86. The Morgan fingerprint density at radius 3 is 2.76 bits per heavy atom. The van der Waals surface area contributed by atoms with Crippen molar-refractivity contribution in [3.05, 3.63) is 30.1 Å². The van der Waals surface area contributed by atoms with Gasteiger partial charge in [-0.15, -0.1) is 0 Å². The molecule has 4 nitrogen and oxygen atoms in total. The molecule has 4 heteroatoms. The second kappa shape index (κ2) is 5.38. The van der Waals surface area contributed by atoms with Crippen molar-refractivity contribution in [1.82, 2.24) is 14.8 Å². The first kappa shape index (κ1) is 12.2. The monoisotopic (exact) mass is 233 g/mol. The maximum absolute atomic E-state index is 12.2. The molecule has 0 radical (unpaired) electrons. The molecule has 0 aliphatic carbocycles. The molecule has 1 unspecified atom stereocenters. The highest BCUT2D eigenvalue weighted by Gasteiger charge is 2.27. The van der Waals surface area contributed by atoms with Crippen molar-refractivity contribution < 1.29 is 4.79 Å². The molecule has 0 bridgehead atoms. The number of carbonyl (C=O) groups is 1. The Morgan fingerprint density at radius 1 is 1.35 bits per heavy atom. The molecule has 1 atom stereocenters. The van der Waals surface area contributed by atoms with Gasteiger partial charge in [-0.2, -0.15) is 0 Å². The quantitative estimate of drug-likeness (QED) is 0.759. The van der Waals surface area contributed by atoms with Gasteiger partial charge in [-0.25, -0.2) is 0 Å². The molecule has 2 heterocycles. The lowest BCUT2D eigenvalue weighted by atomic mass is 10.0. The molecule has 0 aromatic carbocycles. The number of piperazine rings is 1. The van der Waals surface area contributed by atoms with E-state index in [0.717, 1.165) is 25.2 Å².